The van der Waals surface area contributed by atoms with Crippen LogP contribution in [0.2, 0.25) is 31.2 Å². The Kier molecular flexibility index (Phi) is 7.97. The van der Waals surface area contributed by atoms with Gasteiger partial charge in [0.15, 0.2) is 0 Å². The predicted octanol–water partition coefficient (Wildman–Crippen LogP) is 5.85. The zero-order valence-electron chi connectivity index (χ0n) is 17.0. The minimum Gasteiger partial charge on any atom is -0.543 e. The van der Waals surface area contributed by atoms with Crippen LogP contribution < -0.4 is 4.43 Å². The van der Waals surface area contributed by atoms with Crippen molar-refractivity contribution in [2.75, 3.05) is 0 Å². The molecule has 1 aromatic rings. The van der Waals surface area contributed by atoms with E-state index in [-0.39, 0.29) is 10.5 Å². The van der Waals surface area contributed by atoms with Crippen molar-refractivity contribution in [3.63, 3.8) is 0 Å². The van der Waals surface area contributed by atoms with Gasteiger partial charge in [-0.3, -0.25) is 4.79 Å². The van der Waals surface area contributed by atoms with Gasteiger partial charge in [0.05, 0.1) is 0 Å². The Labute approximate surface area is 150 Å². The van der Waals surface area contributed by atoms with Crippen LogP contribution >= 0.6 is 0 Å². The highest BCUT2D eigenvalue weighted by Gasteiger charge is 2.39. The van der Waals surface area contributed by atoms with Crippen molar-refractivity contribution in [2.24, 2.45) is 0 Å². The highest BCUT2D eigenvalue weighted by Crippen LogP contribution is 2.40. The summed E-state index contributed by atoms with van der Waals surface area (Å²) < 4.78 is 16.1. The lowest BCUT2D eigenvalue weighted by Crippen LogP contribution is -2.44. The molecule has 1 aromatic carbocycles. The molecule has 0 unspecified atom stereocenters. The lowest BCUT2D eigenvalue weighted by atomic mass is 9.85. The van der Waals surface area contributed by atoms with E-state index >= 15 is 0 Å². The summed E-state index contributed by atoms with van der Waals surface area (Å²) in [5, 5.41) is 0.158. The van der Waals surface area contributed by atoms with E-state index in [0.717, 1.165) is 17.6 Å². The Balaban J connectivity index is 0.00000118. The van der Waals surface area contributed by atoms with Gasteiger partial charge in [-0.15, -0.1) is 0 Å². The van der Waals surface area contributed by atoms with Crippen molar-refractivity contribution in [2.45, 2.75) is 78.2 Å². The van der Waals surface area contributed by atoms with Crippen LogP contribution in [0.1, 0.15) is 57.5 Å². The van der Waals surface area contributed by atoms with E-state index in [1.165, 1.54) is 0 Å². The molecule has 1 rings (SSSR count). The zero-order chi connectivity index (χ0) is 19.3. The van der Waals surface area contributed by atoms with Gasteiger partial charge in [-0.1, -0.05) is 41.5 Å². The average Bonchev–Trinajstić information content (AvgIpc) is 2.35. The normalized spacial score (nSPS) is 12.1. The molecule has 0 atom stereocenters. The largest absolute Gasteiger partial charge is 0.543 e. The number of aldehydes is 1. The summed E-state index contributed by atoms with van der Waals surface area (Å²) in [5.74, 6) is 0.926. The van der Waals surface area contributed by atoms with Gasteiger partial charge in [-0.2, -0.15) is 0 Å². The lowest BCUT2D eigenvalue weighted by molar-refractivity contribution is 0.112. The van der Waals surface area contributed by atoms with E-state index in [2.05, 4.69) is 54.6 Å². The number of hydrogen-bond donors (Lipinski definition) is 0. The van der Waals surface area contributed by atoms with Crippen LogP contribution in [0.15, 0.2) is 18.2 Å². The van der Waals surface area contributed by atoms with Crippen LogP contribution in [0.5, 0.6) is 5.75 Å². The fourth-order valence-electron chi connectivity index (χ4n) is 1.72. The first-order valence-electron chi connectivity index (χ1n) is 8.37. The number of carbonyl (C=O) groups is 1. The molecule has 24 heavy (non-hydrogen) atoms. The first-order valence-corrected chi connectivity index (χ1v) is 13.7. The van der Waals surface area contributed by atoms with Crippen LogP contribution in [0.3, 0.4) is 0 Å². The van der Waals surface area contributed by atoms with Crippen molar-refractivity contribution in [1.82, 2.24) is 0 Å². The van der Waals surface area contributed by atoms with Crippen molar-refractivity contribution in [1.29, 1.82) is 0 Å². The van der Waals surface area contributed by atoms with Crippen molar-refractivity contribution >= 4 is 23.3 Å². The quantitative estimate of drug-likeness (QED) is 0.498. The number of rotatable bonds is 3. The molecular weight excluding hydrogens is 332 g/mol. The van der Waals surface area contributed by atoms with E-state index in [4.69, 9.17) is 4.43 Å². The predicted molar refractivity (Wildman–Crippen MR) is 107 cm³/mol. The first kappa shape index (κ1) is 22.9. The molecule has 0 fully saturated rings. The molecule has 0 radical (unpaired) electrons. The number of carbonyl (C=O) groups excluding carboxylic acids is 1. The third-order valence-corrected chi connectivity index (χ3v) is 8.46. The van der Waals surface area contributed by atoms with Crippen molar-refractivity contribution in [3.8, 4) is 5.75 Å². The molecule has 0 spiro atoms. The highest BCUT2D eigenvalue weighted by molar-refractivity contribution is 6.74. The van der Waals surface area contributed by atoms with Crippen molar-refractivity contribution in [3.05, 3.63) is 29.3 Å². The van der Waals surface area contributed by atoms with Gasteiger partial charge in [0, 0.05) is 5.56 Å². The molecule has 5 heteroatoms. The molecule has 0 N–H and O–H groups in total. The SMILES string of the molecule is CC(C)(C)c1cc(C=O)ccc1O[Si](C)(C)C(C)(C)C.C[Si](C)=O. The smallest absolute Gasteiger partial charge is 0.270 e. The second-order valence-corrected chi connectivity index (χ2v) is 15.4. The Morgan fingerprint density at radius 1 is 1.04 bits per heavy atom. The maximum absolute atomic E-state index is 11.0. The Bertz CT molecular complexity index is 575. The molecule has 0 saturated carbocycles. The molecule has 0 saturated heterocycles. The van der Waals surface area contributed by atoms with Gasteiger partial charge in [0.25, 0.3) is 8.68 Å². The Morgan fingerprint density at radius 3 is 1.83 bits per heavy atom. The molecule has 0 aromatic heterocycles. The van der Waals surface area contributed by atoms with Gasteiger partial charge in [-0.25, -0.2) is 0 Å². The fraction of sp³-hybridized carbons (Fsp3) is 0.632. The van der Waals surface area contributed by atoms with Crippen LogP contribution in [0.4, 0.5) is 0 Å². The summed E-state index contributed by atoms with van der Waals surface area (Å²) >= 11 is 0. The van der Waals surface area contributed by atoms with E-state index in [0.29, 0.717) is 5.56 Å². The molecule has 136 valence electrons. The molecular formula is C19H34O3Si2. The molecule has 0 amide bonds. The van der Waals surface area contributed by atoms with Crippen LogP contribution in [0.25, 0.3) is 0 Å². The topological polar surface area (TPSA) is 43.4 Å². The van der Waals surface area contributed by atoms with E-state index < -0.39 is 17.0 Å². The van der Waals surface area contributed by atoms with Crippen LogP contribution in [-0.4, -0.2) is 23.3 Å². The minimum absolute atomic E-state index is 0.0449. The number of hydrogen-bond acceptors (Lipinski definition) is 3. The van der Waals surface area contributed by atoms with Gasteiger partial charge in [0.2, 0.25) is 8.32 Å². The van der Waals surface area contributed by atoms with Crippen molar-refractivity contribution < 1.29 is 13.7 Å². The lowest BCUT2D eigenvalue weighted by Gasteiger charge is -2.38. The van der Waals surface area contributed by atoms with Crippen LogP contribution in [-0.2, 0) is 9.88 Å². The fourth-order valence-corrected chi connectivity index (χ4v) is 2.76. The Hall–Kier alpha value is -1.08. The summed E-state index contributed by atoms with van der Waals surface area (Å²) in [4.78, 5) is 11.0. The zero-order valence-corrected chi connectivity index (χ0v) is 19.0. The molecule has 3 nitrogen and oxygen atoms in total. The standard InChI is InChI=1S/C17H28O2Si.C2H6OSi/c1-16(2,3)14-11-13(12-18)9-10-15(14)19-20(7,8)17(4,5)6;1-4(2)3/h9-12H,1-8H3;1-2H3. The summed E-state index contributed by atoms with van der Waals surface area (Å²) in [5.41, 5.74) is 1.76. The Morgan fingerprint density at radius 2 is 1.50 bits per heavy atom. The summed E-state index contributed by atoms with van der Waals surface area (Å²) in [6.45, 7) is 21.1. The third kappa shape index (κ3) is 7.22. The summed E-state index contributed by atoms with van der Waals surface area (Å²) in [6.07, 6.45) is 0.894. The van der Waals surface area contributed by atoms with Gasteiger partial charge < -0.3 is 8.89 Å². The average molecular weight is 367 g/mol. The second kappa shape index (κ2) is 8.34. The molecule has 0 aliphatic rings. The van der Waals surface area contributed by atoms with Gasteiger partial charge in [0.1, 0.15) is 12.0 Å². The van der Waals surface area contributed by atoms with E-state index in [9.17, 15) is 9.26 Å². The molecule has 0 bridgehead atoms. The minimum atomic E-state index is -1.87. The third-order valence-electron chi connectivity index (χ3n) is 4.12. The highest BCUT2D eigenvalue weighted by atomic mass is 28.4. The second-order valence-electron chi connectivity index (χ2n) is 8.89. The van der Waals surface area contributed by atoms with E-state index in [1.54, 1.807) is 13.1 Å². The maximum atomic E-state index is 11.0. The molecule has 0 aliphatic heterocycles. The van der Waals surface area contributed by atoms with E-state index in [1.807, 2.05) is 18.2 Å². The summed E-state index contributed by atoms with van der Waals surface area (Å²) in [7, 11) is -3.00. The summed E-state index contributed by atoms with van der Waals surface area (Å²) in [6, 6.07) is 5.74. The van der Waals surface area contributed by atoms with Gasteiger partial charge >= 0.3 is 0 Å². The number of benzene rings is 1. The maximum Gasteiger partial charge on any atom is 0.270 e. The molecule has 0 aliphatic carbocycles. The monoisotopic (exact) mass is 366 g/mol. The van der Waals surface area contributed by atoms with Crippen LogP contribution in [0, 0.1) is 0 Å². The first-order chi connectivity index (χ1) is 10.6. The molecule has 0 heterocycles. The van der Waals surface area contributed by atoms with Gasteiger partial charge in [-0.05, 0) is 60.4 Å².